The standard InChI is InChI=1S/C11H12ClNO2/c12-8-3-4-10(14)9(5-8)11(15)13-6-7-1-2-7/h3-5,7,14H,1-2,6H2,(H,13,15). The Morgan fingerprint density at radius 2 is 2.27 bits per heavy atom. The Morgan fingerprint density at radius 3 is 2.93 bits per heavy atom. The molecule has 2 N–H and O–H groups in total. The monoisotopic (exact) mass is 225 g/mol. The molecule has 0 saturated heterocycles. The van der Waals surface area contributed by atoms with Crippen LogP contribution in [0.1, 0.15) is 23.2 Å². The average Bonchev–Trinajstić information content (AvgIpc) is 3.02. The van der Waals surface area contributed by atoms with E-state index in [9.17, 15) is 9.90 Å². The molecule has 15 heavy (non-hydrogen) atoms. The molecule has 0 radical (unpaired) electrons. The number of hydrogen-bond donors (Lipinski definition) is 2. The molecule has 0 unspecified atom stereocenters. The summed E-state index contributed by atoms with van der Waals surface area (Å²) in [5.41, 5.74) is 0.239. The van der Waals surface area contributed by atoms with Crippen LogP contribution in [0.3, 0.4) is 0 Å². The van der Waals surface area contributed by atoms with E-state index in [-0.39, 0.29) is 17.2 Å². The van der Waals surface area contributed by atoms with E-state index in [0.717, 1.165) is 0 Å². The third-order valence-corrected chi connectivity index (χ3v) is 2.69. The third-order valence-electron chi connectivity index (χ3n) is 2.45. The molecule has 0 spiro atoms. The van der Waals surface area contributed by atoms with Gasteiger partial charge in [-0.05, 0) is 37.0 Å². The molecule has 1 aromatic rings. The van der Waals surface area contributed by atoms with Gasteiger partial charge in [0.25, 0.3) is 5.91 Å². The Bertz CT molecular complexity index is 388. The van der Waals surface area contributed by atoms with Crippen LogP contribution in [0.5, 0.6) is 5.75 Å². The molecule has 1 amide bonds. The van der Waals surface area contributed by atoms with Crippen LogP contribution in [0.15, 0.2) is 18.2 Å². The van der Waals surface area contributed by atoms with Crippen LogP contribution in [0, 0.1) is 5.92 Å². The second-order valence-corrected chi connectivity index (χ2v) is 4.25. The van der Waals surface area contributed by atoms with E-state index in [4.69, 9.17) is 11.6 Å². The molecule has 0 bridgehead atoms. The number of rotatable bonds is 3. The zero-order valence-corrected chi connectivity index (χ0v) is 8.92. The van der Waals surface area contributed by atoms with E-state index < -0.39 is 0 Å². The van der Waals surface area contributed by atoms with Crippen molar-refractivity contribution in [1.29, 1.82) is 0 Å². The zero-order valence-electron chi connectivity index (χ0n) is 8.16. The predicted octanol–water partition coefficient (Wildman–Crippen LogP) is 2.19. The lowest BCUT2D eigenvalue weighted by Gasteiger charge is -2.06. The van der Waals surface area contributed by atoms with Crippen molar-refractivity contribution in [2.45, 2.75) is 12.8 Å². The van der Waals surface area contributed by atoms with Crippen LogP contribution < -0.4 is 5.32 Å². The Morgan fingerprint density at radius 1 is 1.53 bits per heavy atom. The largest absolute Gasteiger partial charge is 0.507 e. The number of carbonyl (C=O) groups is 1. The van der Waals surface area contributed by atoms with Crippen molar-refractivity contribution in [3.05, 3.63) is 28.8 Å². The topological polar surface area (TPSA) is 49.3 Å². The Hall–Kier alpha value is -1.22. The maximum Gasteiger partial charge on any atom is 0.255 e. The molecule has 0 heterocycles. The van der Waals surface area contributed by atoms with E-state index in [1.165, 1.54) is 25.0 Å². The molecular weight excluding hydrogens is 214 g/mol. The van der Waals surface area contributed by atoms with Gasteiger partial charge in [-0.3, -0.25) is 4.79 Å². The number of phenolic OH excluding ortho intramolecular Hbond substituents is 1. The van der Waals surface area contributed by atoms with Gasteiger partial charge in [0.05, 0.1) is 5.56 Å². The number of phenols is 1. The lowest BCUT2D eigenvalue weighted by Crippen LogP contribution is -2.25. The summed E-state index contributed by atoms with van der Waals surface area (Å²) >= 11 is 5.74. The van der Waals surface area contributed by atoms with Gasteiger partial charge >= 0.3 is 0 Å². The average molecular weight is 226 g/mol. The number of aromatic hydroxyl groups is 1. The van der Waals surface area contributed by atoms with Crippen molar-refractivity contribution in [2.24, 2.45) is 5.92 Å². The Labute approximate surface area is 93.1 Å². The molecule has 4 heteroatoms. The predicted molar refractivity (Wildman–Crippen MR) is 58.2 cm³/mol. The first-order valence-corrected chi connectivity index (χ1v) is 5.31. The number of hydrogen-bond acceptors (Lipinski definition) is 2. The third kappa shape index (κ3) is 2.63. The molecule has 1 aromatic carbocycles. The minimum Gasteiger partial charge on any atom is -0.507 e. The van der Waals surface area contributed by atoms with E-state index in [1.54, 1.807) is 6.07 Å². The summed E-state index contributed by atoms with van der Waals surface area (Å²) in [6.45, 7) is 0.685. The highest BCUT2D eigenvalue weighted by Crippen LogP contribution is 2.28. The molecule has 1 aliphatic carbocycles. The van der Waals surface area contributed by atoms with E-state index in [1.807, 2.05) is 0 Å². The smallest absolute Gasteiger partial charge is 0.255 e. The number of carbonyl (C=O) groups excluding carboxylic acids is 1. The summed E-state index contributed by atoms with van der Waals surface area (Å²) in [6.07, 6.45) is 2.36. The Balaban J connectivity index is 2.05. The number of nitrogens with one attached hydrogen (secondary N) is 1. The Kier molecular flexibility index (Phi) is 2.82. The van der Waals surface area contributed by atoms with Gasteiger partial charge < -0.3 is 10.4 Å². The number of halogens is 1. The summed E-state index contributed by atoms with van der Waals surface area (Å²) in [7, 11) is 0. The lowest BCUT2D eigenvalue weighted by atomic mass is 10.2. The molecule has 1 fully saturated rings. The van der Waals surface area contributed by atoms with Gasteiger partial charge in [-0.25, -0.2) is 0 Å². The summed E-state index contributed by atoms with van der Waals surface area (Å²) in [6, 6.07) is 4.45. The maximum atomic E-state index is 11.6. The van der Waals surface area contributed by atoms with Crippen LogP contribution in [-0.2, 0) is 0 Å². The molecule has 0 aromatic heterocycles. The van der Waals surface area contributed by atoms with Crippen molar-refractivity contribution in [3.8, 4) is 5.75 Å². The summed E-state index contributed by atoms with van der Waals surface area (Å²) in [5.74, 6) is 0.324. The molecule has 1 aliphatic rings. The van der Waals surface area contributed by atoms with Gasteiger partial charge in [0.1, 0.15) is 5.75 Å². The van der Waals surface area contributed by atoms with Crippen molar-refractivity contribution in [3.63, 3.8) is 0 Å². The highest BCUT2D eigenvalue weighted by molar-refractivity contribution is 6.31. The molecule has 80 valence electrons. The quantitative estimate of drug-likeness (QED) is 0.829. The second kappa shape index (κ2) is 4.11. The fourth-order valence-corrected chi connectivity index (χ4v) is 1.52. The van der Waals surface area contributed by atoms with Gasteiger partial charge in [-0.1, -0.05) is 11.6 Å². The molecule has 1 saturated carbocycles. The van der Waals surface area contributed by atoms with Crippen molar-refractivity contribution < 1.29 is 9.90 Å². The summed E-state index contributed by atoms with van der Waals surface area (Å²) < 4.78 is 0. The van der Waals surface area contributed by atoms with E-state index >= 15 is 0 Å². The minimum atomic E-state index is -0.262. The van der Waals surface area contributed by atoms with Gasteiger partial charge in [0.2, 0.25) is 0 Å². The van der Waals surface area contributed by atoms with Gasteiger partial charge in [-0.2, -0.15) is 0 Å². The zero-order chi connectivity index (χ0) is 10.8. The van der Waals surface area contributed by atoms with Crippen molar-refractivity contribution >= 4 is 17.5 Å². The van der Waals surface area contributed by atoms with Gasteiger partial charge in [0.15, 0.2) is 0 Å². The number of benzene rings is 1. The second-order valence-electron chi connectivity index (χ2n) is 3.81. The van der Waals surface area contributed by atoms with Crippen LogP contribution >= 0.6 is 11.6 Å². The molecule has 0 atom stereocenters. The summed E-state index contributed by atoms with van der Waals surface area (Å²) in [4.78, 5) is 11.6. The fraction of sp³-hybridized carbons (Fsp3) is 0.364. The van der Waals surface area contributed by atoms with Crippen molar-refractivity contribution in [1.82, 2.24) is 5.32 Å². The number of amides is 1. The fourth-order valence-electron chi connectivity index (χ4n) is 1.34. The van der Waals surface area contributed by atoms with E-state index in [2.05, 4.69) is 5.32 Å². The maximum absolute atomic E-state index is 11.6. The molecule has 2 rings (SSSR count). The highest BCUT2D eigenvalue weighted by atomic mass is 35.5. The lowest BCUT2D eigenvalue weighted by molar-refractivity contribution is 0.0949. The van der Waals surface area contributed by atoms with Crippen molar-refractivity contribution in [2.75, 3.05) is 6.54 Å². The first kappa shape index (κ1) is 10.3. The SMILES string of the molecule is O=C(NCC1CC1)c1cc(Cl)ccc1O. The van der Waals surface area contributed by atoms with E-state index in [0.29, 0.717) is 17.5 Å². The first-order chi connectivity index (χ1) is 7.16. The van der Waals surface area contributed by atoms with Crippen LogP contribution in [0.25, 0.3) is 0 Å². The van der Waals surface area contributed by atoms with Crippen LogP contribution in [-0.4, -0.2) is 17.6 Å². The molecule has 0 aliphatic heterocycles. The van der Waals surface area contributed by atoms with Gasteiger partial charge in [-0.15, -0.1) is 0 Å². The first-order valence-electron chi connectivity index (χ1n) is 4.93. The summed E-state index contributed by atoms with van der Waals surface area (Å²) in [5, 5.41) is 12.7. The van der Waals surface area contributed by atoms with Gasteiger partial charge in [0, 0.05) is 11.6 Å². The van der Waals surface area contributed by atoms with Crippen LogP contribution in [0.2, 0.25) is 5.02 Å². The normalized spacial score (nSPS) is 15.0. The molecule has 3 nitrogen and oxygen atoms in total. The van der Waals surface area contributed by atoms with Crippen LogP contribution in [0.4, 0.5) is 0 Å². The highest BCUT2D eigenvalue weighted by Gasteiger charge is 2.22. The molecular formula is C11H12ClNO2. The minimum absolute atomic E-state index is 0.0345.